The van der Waals surface area contributed by atoms with Gasteiger partial charge in [0, 0.05) is 22.5 Å². The van der Waals surface area contributed by atoms with Gasteiger partial charge in [-0.2, -0.15) is 0 Å². The summed E-state index contributed by atoms with van der Waals surface area (Å²) in [5.74, 6) is 0.369. The molecule has 4 rings (SSSR count). The van der Waals surface area contributed by atoms with Gasteiger partial charge >= 0.3 is 0 Å². The lowest BCUT2D eigenvalue weighted by Gasteiger charge is -2.23. The van der Waals surface area contributed by atoms with Crippen LogP contribution in [0.25, 0.3) is 11.3 Å². The fourth-order valence-corrected chi connectivity index (χ4v) is 4.30. The molecule has 2 N–H and O–H groups in total. The van der Waals surface area contributed by atoms with Crippen LogP contribution in [0.2, 0.25) is 0 Å². The molecule has 2 fully saturated rings. The Balaban J connectivity index is 0.00000169. The summed E-state index contributed by atoms with van der Waals surface area (Å²) in [5, 5.41) is 9.60. The predicted molar refractivity (Wildman–Crippen MR) is 101 cm³/mol. The molecule has 1 atom stereocenters. The molecular weight excluding hydrogens is 342 g/mol. The Bertz CT molecular complexity index is 739. The fraction of sp³-hybridized carbons (Fsp3) is 0.444. The normalized spacial score (nSPS) is 21.1. The van der Waals surface area contributed by atoms with Gasteiger partial charge in [-0.15, -0.1) is 23.7 Å². The average molecular weight is 364 g/mol. The van der Waals surface area contributed by atoms with Gasteiger partial charge < -0.3 is 10.6 Å². The highest BCUT2D eigenvalue weighted by molar-refractivity contribution is 7.09. The maximum Gasteiger partial charge on any atom is 0.228 e. The van der Waals surface area contributed by atoms with Crippen molar-refractivity contribution in [2.75, 3.05) is 18.4 Å². The van der Waals surface area contributed by atoms with E-state index in [1.165, 1.54) is 0 Å². The Labute approximate surface area is 152 Å². The highest BCUT2D eigenvalue weighted by Gasteiger charge is 2.57. The van der Waals surface area contributed by atoms with Crippen LogP contribution >= 0.6 is 23.7 Å². The number of nitrogens with zero attached hydrogens (tertiary/aromatic N) is 1. The van der Waals surface area contributed by atoms with E-state index >= 15 is 0 Å². The van der Waals surface area contributed by atoms with Crippen molar-refractivity contribution in [1.29, 1.82) is 0 Å². The van der Waals surface area contributed by atoms with Gasteiger partial charge in [-0.05, 0) is 56.8 Å². The van der Waals surface area contributed by atoms with Gasteiger partial charge in [0.05, 0.1) is 10.7 Å². The smallest absolute Gasteiger partial charge is 0.228 e. The Kier molecular flexibility index (Phi) is 4.95. The number of piperidine rings is 1. The summed E-state index contributed by atoms with van der Waals surface area (Å²) in [6, 6.07) is 7.99. The second kappa shape index (κ2) is 6.82. The Morgan fingerprint density at radius 2 is 2.17 bits per heavy atom. The number of carbonyl (C=O) groups excluding carboxylic acids is 1. The van der Waals surface area contributed by atoms with Crippen LogP contribution in [-0.2, 0) is 4.79 Å². The molecule has 1 unspecified atom stereocenters. The Morgan fingerprint density at radius 3 is 2.88 bits per heavy atom. The molecule has 0 bridgehead atoms. The number of thiazole rings is 1. The maximum atomic E-state index is 12.6. The molecule has 6 heteroatoms. The van der Waals surface area contributed by atoms with Crippen molar-refractivity contribution in [3.8, 4) is 11.3 Å². The van der Waals surface area contributed by atoms with Crippen molar-refractivity contribution in [2.24, 2.45) is 11.3 Å². The van der Waals surface area contributed by atoms with E-state index in [4.69, 9.17) is 0 Å². The van der Waals surface area contributed by atoms with Crippen LogP contribution in [-0.4, -0.2) is 24.0 Å². The first-order valence-corrected chi connectivity index (χ1v) is 9.08. The summed E-state index contributed by atoms with van der Waals surface area (Å²) >= 11 is 1.64. The number of hydrogen-bond acceptors (Lipinski definition) is 4. The van der Waals surface area contributed by atoms with Crippen LogP contribution in [0.1, 0.15) is 24.3 Å². The van der Waals surface area contributed by atoms with Gasteiger partial charge in [-0.3, -0.25) is 4.79 Å². The number of amides is 1. The second-order valence-electron chi connectivity index (χ2n) is 6.69. The summed E-state index contributed by atoms with van der Waals surface area (Å²) in [6.07, 6.45) is 3.30. The summed E-state index contributed by atoms with van der Waals surface area (Å²) in [7, 11) is 0. The number of anilines is 1. The van der Waals surface area contributed by atoms with E-state index in [0.29, 0.717) is 0 Å². The summed E-state index contributed by atoms with van der Waals surface area (Å²) in [5.41, 5.74) is 3.18. The predicted octanol–water partition coefficient (Wildman–Crippen LogP) is 3.87. The molecule has 1 saturated carbocycles. The molecule has 0 radical (unpaired) electrons. The maximum absolute atomic E-state index is 12.6. The highest BCUT2D eigenvalue weighted by Crippen LogP contribution is 2.58. The van der Waals surface area contributed by atoms with E-state index in [1.807, 2.05) is 31.2 Å². The monoisotopic (exact) mass is 363 g/mol. The van der Waals surface area contributed by atoms with Gasteiger partial charge in [0.1, 0.15) is 0 Å². The van der Waals surface area contributed by atoms with E-state index in [0.717, 1.165) is 54.3 Å². The molecule has 1 saturated heterocycles. The first kappa shape index (κ1) is 17.4. The largest absolute Gasteiger partial charge is 0.326 e. The molecule has 1 aromatic heterocycles. The van der Waals surface area contributed by atoms with Crippen molar-refractivity contribution in [1.82, 2.24) is 10.3 Å². The zero-order valence-corrected chi connectivity index (χ0v) is 15.3. The third-order valence-electron chi connectivity index (χ3n) is 5.15. The third-order valence-corrected chi connectivity index (χ3v) is 5.92. The number of hydrogen-bond donors (Lipinski definition) is 2. The van der Waals surface area contributed by atoms with Gasteiger partial charge in [-0.25, -0.2) is 4.98 Å². The standard InChI is InChI=1S/C18H21N3OS.ClH/c1-12-20-16(11-23-12)13-3-2-4-14(9-13)21-17(22)15-10-18(15)5-7-19-8-6-18;/h2-4,9,11,15,19H,5-8,10H2,1H3,(H,21,22);1H. The second-order valence-corrected chi connectivity index (χ2v) is 7.75. The molecule has 128 valence electrons. The SMILES string of the molecule is Cc1nc(-c2cccc(NC(=O)C3CC34CCNCC4)c2)cs1.Cl. The van der Waals surface area contributed by atoms with Crippen LogP contribution in [0.5, 0.6) is 0 Å². The number of rotatable bonds is 3. The van der Waals surface area contributed by atoms with Crippen molar-refractivity contribution in [3.05, 3.63) is 34.7 Å². The number of nitrogens with one attached hydrogen (secondary N) is 2. The van der Waals surface area contributed by atoms with E-state index in [1.54, 1.807) is 11.3 Å². The topological polar surface area (TPSA) is 54.0 Å². The van der Waals surface area contributed by atoms with Crippen LogP contribution in [0.4, 0.5) is 5.69 Å². The lowest BCUT2D eigenvalue weighted by atomic mass is 9.92. The zero-order valence-electron chi connectivity index (χ0n) is 13.7. The lowest BCUT2D eigenvalue weighted by Crippen LogP contribution is -2.31. The summed E-state index contributed by atoms with van der Waals surface area (Å²) in [6.45, 7) is 4.09. The number of aromatic nitrogens is 1. The number of benzene rings is 1. The molecule has 1 aromatic carbocycles. The van der Waals surface area contributed by atoms with E-state index in [-0.39, 0.29) is 29.6 Å². The minimum Gasteiger partial charge on any atom is -0.326 e. The van der Waals surface area contributed by atoms with Crippen molar-refractivity contribution >= 4 is 35.3 Å². The molecule has 2 heterocycles. The Hall–Kier alpha value is -1.43. The molecule has 1 aliphatic carbocycles. The van der Waals surface area contributed by atoms with Crippen LogP contribution in [0.3, 0.4) is 0 Å². The minimum absolute atomic E-state index is 0. The highest BCUT2D eigenvalue weighted by atomic mass is 35.5. The van der Waals surface area contributed by atoms with E-state index < -0.39 is 0 Å². The van der Waals surface area contributed by atoms with Gasteiger partial charge in [0.15, 0.2) is 0 Å². The summed E-state index contributed by atoms with van der Waals surface area (Å²) in [4.78, 5) is 17.1. The van der Waals surface area contributed by atoms with Gasteiger partial charge in [0.25, 0.3) is 0 Å². The van der Waals surface area contributed by atoms with Crippen LogP contribution in [0, 0.1) is 18.3 Å². The Morgan fingerprint density at radius 1 is 1.38 bits per heavy atom. The van der Waals surface area contributed by atoms with Crippen molar-refractivity contribution in [3.63, 3.8) is 0 Å². The summed E-state index contributed by atoms with van der Waals surface area (Å²) < 4.78 is 0. The molecule has 1 spiro atoms. The molecule has 4 nitrogen and oxygen atoms in total. The third kappa shape index (κ3) is 3.34. The quantitative estimate of drug-likeness (QED) is 0.870. The zero-order chi connectivity index (χ0) is 15.9. The first-order valence-electron chi connectivity index (χ1n) is 8.20. The number of carbonyl (C=O) groups is 1. The molecule has 2 aliphatic rings. The van der Waals surface area contributed by atoms with Crippen molar-refractivity contribution < 1.29 is 4.79 Å². The molecule has 1 aliphatic heterocycles. The van der Waals surface area contributed by atoms with Gasteiger partial charge in [-0.1, -0.05) is 12.1 Å². The molecule has 24 heavy (non-hydrogen) atoms. The van der Waals surface area contributed by atoms with Gasteiger partial charge in [0.2, 0.25) is 5.91 Å². The molecule has 2 aromatic rings. The number of aryl methyl sites for hydroxylation is 1. The van der Waals surface area contributed by atoms with E-state index in [2.05, 4.69) is 21.0 Å². The number of halogens is 1. The fourth-order valence-electron chi connectivity index (χ4n) is 3.68. The van der Waals surface area contributed by atoms with Crippen LogP contribution < -0.4 is 10.6 Å². The molecular formula is C18H22ClN3OS. The first-order chi connectivity index (χ1) is 11.2. The lowest BCUT2D eigenvalue weighted by molar-refractivity contribution is -0.118. The van der Waals surface area contributed by atoms with E-state index in [9.17, 15) is 4.79 Å². The van der Waals surface area contributed by atoms with Crippen molar-refractivity contribution in [2.45, 2.75) is 26.2 Å². The minimum atomic E-state index is 0. The average Bonchev–Trinajstić information content (AvgIpc) is 3.06. The molecule has 1 amide bonds. The van der Waals surface area contributed by atoms with Crippen LogP contribution in [0.15, 0.2) is 29.6 Å².